The number of rotatable bonds is 4. The average molecular weight is 396 g/mol. The first-order valence-electron chi connectivity index (χ1n) is 9.29. The van der Waals surface area contributed by atoms with E-state index >= 15 is 0 Å². The van der Waals surface area contributed by atoms with E-state index in [1.54, 1.807) is 24.3 Å². The number of hydrogen-bond acceptors (Lipinski definition) is 6. The van der Waals surface area contributed by atoms with Gasteiger partial charge in [0.1, 0.15) is 6.04 Å². The van der Waals surface area contributed by atoms with E-state index in [4.69, 9.17) is 9.47 Å². The fourth-order valence-electron chi connectivity index (χ4n) is 4.13. The Morgan fingerprint density at radius 3 is 2.30 bits per heavy atom. The summed E-state index contributed by atoms with van der Waals surface area (Å²) in [4.78, 5) is 13.6. The van der Waals surface area contributed by atoms with Crippen molar-refractivity contribution in [3.63, 3.8) is 0 Å². The van der Waals surface area contributed by atoms with Gasteiger partial charge in [0.2, 0.25) is 10.0 Å². The number of hydrogen-bond donors (Lipinski definition) is 1. The Labute approximate surface area is 158 Å². The minimum absolute atomic E-state index is 0.135. The van der Waals surface area contributed by atoms with Gasteiger partial charge < -0.3 is 19.5 Å². The van der Waals surface area contributed by atoms with E-state index in [2.05, 4.69) is 4.90 Å². The van der Waals surface area contributed by atoms with Gasteiger partial charge in [-0.3, -0.25) is 4.79 Å². The Kier molecular flexibility index (Phi) is 4.87. The van der Waals surface area contributed by atoms with Crippen molar-refractivity contribution in [1.82, 2.24) is 4.31 Å². The summed E-state index contributed by atoms with van der Waals surface area (Å²) in [5.74, 6) is -1.53. The normalized spacial score (nSPS) is 25.9. The van der Waals surface area contributed by atoms with Crippen molar-refractivity contribution in [3.8, 4) is 0 Å². The molecule has 1 spiro atoms. The highest BCUT2D eigenvalue weighted by Crippen LogP contribution is 2.34. The number of carboxylic acid groups (broad SMARTS) is 1. The maximum absolute atomic E-state index is 12.8. The summed E-state index contributed by atoms with van der Waals surface area (Å²) in [5, 5.41) is 9.26. The van der Waals surface area contributed by atoms with E-state index < -0.39 is 27.8 Å². The average Bonchev–Trinajstić information content (AvgIpc) is 3.33. The molecule has 1 aromatic carbocycles. The van der Waals surface area contributed by atoms with Crippen LogP contribution in [0.1, 0.15) is 25.7 Å². The van der Waals surface area contributed by atoms with Gasteiger partial charge in [-0.1, -0.05) is 0 Å². The van der Waals surface area contributed by atoms with E-state index in [0.29, 0.717) is 26.1 Å². The number of anilines is 1. The molecule has 148 valence electrons. The van der Waals surface area contributed by atoms with Crippen LogP contribution in [0.2, 0.25) is 0 Å². The first-order chi connectivity index (χ1) is 12.9. The van der Waals surface area contributed by atoms with Crippen LogP contribution in [0.5, 0.6) is 0 Å². The Morgan fingerprint density at radius 1 is 1.07 bits per heavy atom. The van der Waals surface area contributed by atoms with Gasteiger partial charge in [-0.25, -0.2) is 8.42 Å². The van der Waals surface area contributed by atoms with Crippen LogP contribution >= 0.6 is 0 Å². The maximum Gasteiger partial charge on any atom is 0.322 e. The second kappa shape index (κ2) is 7.05. The van der Waals surface area contributed by atoms with Gasteiger partial charge in [-0.05, 0) is 37.1 Å². The summed E-state index contributed by atoms with van der Waals surface area (Å²) in [5.41, 5.74) is 0.943. The van der Waals surface area contributed by atoms with Crippen molar-refractivity contribution in [2.24, 2.45) is 0 Å². The summed E-state index contributed by atoms with van der Waals surface area (Å²) < 4.78 is 38.2. The lowest BCUT2D eigenvalue weighted by atomic mass is 10.0. The third-order valence-electron chi connectivity index (χ3n) is 5.64. The number of benzene rings is 1. The minimum atomic E-state index is -3.80. The monoisotopic (exact) mass is 396 g/mol. The van der Waals surface area contributed by atoms with Crippen molar-refractivity contribution in [1.29, 1.82) is 0 Å². The number of aliphatic carboxylic acids is 1. The molecule has 4 rings (SSSR count). The van der Waals surface area contributed by atoms with Gasteiger partial charge in [0.15, 0.2) is 5.79 Å². The second-order valence-electron chi connectivity index (χ2n) is 7.20. The van der Waals surface area contributed by atoms with E-state index in [1.807, 2.05) is 0 Å². The molecule has 0 aromatic heterocycles. The van der Waals surface area contributed by atoms with E-state index in [1.165, 1.54) is 0 Å². The van der Waals surface area contributed by atoms with Crippen molar-refractivity contribution in [2.45, 2.75) is 42.4 Å². The predicted molar refractivity (Wildman–Crippen MR) is 97.1 cm³/mol. The predicted octanol–water partition coefficient (Wildman–Crippen LogP) is 1.27. The lowest BCUT2D eigenvalue weighted by Gasteiger charge is -2.38. The standard InChI is InChI=1S/C18H24N2O6S/c21-17(22)16-2-1-9-20(16)27(23,24)15-5-3-14(4-6-15)19-10-7-18(8-11-19)25-12-13-26-18/h3-6,16H,1-2,7-13H2,(H,21,22). The highest BCUT2D eigenvalue weighted by atomic mass is 32.2. The molecule has 1 unspecified atom stereocenters. The van der Waals surface area contributed by atoms with E-state index in [-0.39, 0.29) is 11.4 Å². The Hall–Kier alpha value is -1.68. The molecule has 0 amide bonds. The van der Waals surface area contributed by atoms with Crippen molar-refractivity contribution < 1.29 is 27.8 Å². The zero-order valence-corrected chi connectivity index (χ0v) is 15.9. The third kappa shape index (κ3) is 3.44. The van der Waals surface area contributed by atoms with Crippen LogP contribution in [0, 0.1) is 0 Å². The Bertz CT molecular complexity index is 794. The van der Waals surface area contributed by atoms with Crippen LogP contribution in [0.4, 0.5) is 5.69 Å². The molecule has 3 aliphatic heterocycles. The minimum Gasteiger partial charge on any atom is -0.480 e. The van der Waals surface area contributed by atoms with Gasteiger partial charge in [0.05, 0.1) is 18.1 Å². The molecular weight excluding hydrogens is 372 g/mol. The molecule has 3 aliphatic rings. The van der Waals surface area contributed by atoms with Crippen molar-refractivity contribution >= 4 is 21.7 Å². The van der Waals surface area contributed by atoms with Crippen LogP contribution in [0.25, 0.3) is 0 Å². The molecule has 3 heterocycles. The first-order valence-corrected chi connectivity index (χ1v) is 10.7. The highest BCUT2D eigenvalue weighted by molar-refractivity contribution is 7.89. The SMILES string of the molecule is O=C(O)C1CCCN1S(=O)(=O)c1ccc(N2CCC3(CC2)OCCO3)cc1. The van der Waals surface area contributed by atoms with Crippen molar-refractivity contribution in [3.05, 3.63) is 24.3 Å². The molecule has 1 N–H and O–H groups in total. The van der Waals surface area contributed by atoms with Crippen LogP contribution in [0.15, 0.2) is 29.2 Å². The lowest BCUT2D eigenvalue weighted by molar-refractivity contribution is -0.169. The molecule has 1 aromatic rings. The van der Waals surface area contributed by atoms with Gasteiger partial charge in [-0.2, -0.15) is 4.31 Å². The largest absolute Gasteiger partial charge is 0.480 e. The molecule has 1 atom stereocenters. The van der Waals surface area contributed by atoms with Gasteiger partial charge in [0.25, 0.3) is 0 Å². The topological polar surface area (TPSA) is 96.4 Å². The summed E-state index contributed by atoms with van der Waals surface area (Å²) in [7, 11) is -3.80. The molecule has 8 nitrogen and oxygen atoms in total. The van der Waals surface area contributed by atoms with Crippen LogP contribution in [-0.4, -0.2) is 68.5 Å². The fraction of sp³-hybridized carbons (Fsp3) is 0.611. The molecule has 0 saturated carbocycles. The first kappa shape index (κ1) is 18.7. The Balaban J connectivity index is 1.47. The summed E-state index contributed by atoms with van der Waals surface area (Å²) >= 11 is 0. The van der Waals surface area contributed by atoms with Gasteiger partial charge in [0, 0.05) is 38.2 Å². The molecule has 3 saturated heterocycles. The third-order valence-corrected chi connectivity index (χ3v) is 7.56. The summed E-state index contributed by atoms with van der Waals surface area (Å²) in [6.07, 6.45) is 2.47. The number of ether oxygens (including phenoxy) is 2. The number of carboxylic acids is 1. The van der Waals surface area contributed by atoms with E-state index in [9.17, 15) is 18.3 Å². The van der Waals surface area contributed by atoms with Crippen LogP contribution in [0.3, 0.4) is 0 Å². The molecule has 0 aliphatic carbocycles. The molecule has 3 fully saturated rings. The number of carbonyl (C=O) groups is 1. The quantitative estimate of drug-likeness (QED) is 0.819. The second-order valence-corrected chi connectivity index (χ2v) is 9.09. The van der Waals surface area contributed by atoms with Crippen molar-refractivity contribution in [2.75, 3.05) is 37.7 Å². The van der Waals surface area contributed by atoms with Crippen LogP contribution in [-0.2, 0) is 24.3 Å². The molecular formula is C18H24N2O6S. The van der Waals surface area contributed by atoms with Gasteiger partial charge >= 0.3 is 5.97 Å². The molecule has 0 radical (unpaired) electrons. The lowest BCUT2D eigenvalue weighted by Crippen LogP contribution is -2.45. The smallest absolute Gasteiger partial charge is 0.322 e. The summed E-state index contributed by atoms with van der Waals surface area (Å²) in [6, 6.07) is 5.73. The fourth-order valence-corrected chi connectivity index (χ4v) is 5.78. The maximum atomic E-state index is 12.8. The number of sulfonamides is 1. The molecule has 9 heteroatoms. The zero-order valence-electron chi connectivity index (χ0n) is 15.0. The molecule has 27 heavy (non-hydrogen) atoms. The number of nitrogens with zero attached hydrogens (tertiary/aromatic N) is 2. The summed E-state index contributed by atoms with van der Waals surface area (Å²) in [6.45, 7) is 3.08. The Morgan fingerprint density at radius 2 is 1.70 bits per heavy atom. The van der Waals surface area contributed by atoms with E-state index in [0.717, 1.165) is 35.9 Å². The highest BCUT2D eigenvalue weighted by Gasteiger charge is 2.41. The number of piperidine rings is 1. The zero-order chi connectivity index (χ0) is 19.1. The van der Waals surface area contributed by atoms with Gasteiger partial charge in [-0.15, -0.1) is 0 Å². The van der Waals surface area contributed by atoms with Crippen LogP contribution < -0.4 is 4.90 Å². The molecule has 0 bridgehead atoms.